The molecule has 4 rings (SSSR count). The van der Waals surface area contributed by atoms with Gasteiger partial charge in [0.1, 0.15) is 0 Å². The molecule has 1 aliphatic rings. The van der Waals surface area contributed by atoms with Crippen molar-refractivity contribution in [3.05, 3.63) is 90.0 Å². The van der Waals surface area contributed by atoms with Crippen molar-refractivity contribution in [1.82, 2.24) is 13.9 Å². The van der Waals surface area contributed by atoms with Crippen molar-refractivity contribution in [3.8, 4) is 6.07 Å². The summed E-state index contributed by atoms with van der Waals surface area (Å²) in [4.78, 5) is 6.66. The molecule has 0 aliphatic carbocycles. The molecule has 2 aromatic carbocycles. The van der Waals surface area contributed by atoms with Crippen LogP contribution in [0.5, 0.6) is 0 Å². The van der Waals surface area contributed by atoms with Gasteiger partial charge < -0.3 is 9.47 Å². The second-order valence-electron chi connectivity index (χ2n) is 8.51. The summed E-state index contributed by atoms with van der Waals surface area (Å²) >= 11 is 0. The summed E-state index contributed by atoms with van der Waals surface area (Å²) in [6.45, 7) is 7.15. The van der Waals surface area contributed by atoms with E-state index >= 15 is 0 Å². The minimum absolute atomic E-state index is 0.231. The smallest absolute Gasteiger partial charge is 0.243 e. The zero-order valence-electron chi connectivity index (χ0n) is 18.8. The zero-order valence-corrected chi connectivity index (χ0v) is 19.7. The highest BCUT2D eigenvalue weighted by Crippen LogP contribution is 2.33. The van der Waals surface area contributed by atoms with Gasteiger partial charge in [0.25, 0.3) is 0 Å². The van der Waals surface area contributed by atoms with Crippen LogP contribution in [0.4, 0.5) is 5.69 Å². The fraction of sp³-hybridized carbons (Fsp3) is 0.280. The first-order valence-corrected chi connectivity index (χ1v) is 12.2. The van der Waals surface area contributed by atoms with E-state index in [4.69, 9.17) is 0 Å². The summed E-state index contributed by atoms with van der Waals surface area (Å²) in [6, 6.07) is 16.0. The maximum Gasteiger partial charge on any atom is 0.243 e. The number of aryl methyl sites for hydroxylation is 1. The van der Waals surface area contributed by atoms with Crippen LogP contribution in [0.3, 0.4) is 0 Å². The first-order chi connectivity index (χ1) is 15.8. The lowest BCUT2D eigenvalue weighted by Crippen LogP contribution is -2.51. The SMILES string of the molecule is C=C(C)CN(C1Cc2cc(C#N)ccc2N(Cc2cncn2C)C1)S(=O)(=O)c1ccccc1. The maximum absolute atomic E-state index is 13.7. The van der Waals surface area contributed by atoms with Crippen molar-refractivity contribution in [1.29, 1.82) is 5.26 Å². The monoisotopic (exact) mass is 461 g/mol. The fourth-order valence-electron chi connectivity index (χ4n) is 4.28. The van der Waals surface area contributed by atoms with Crippen LogP contribution in [-0.4, -0.2) is 41.4 Å². The minimum atomic E-state index is -3.74. The van der Waals surface area contributed by atoms with Gasteiger partial charge in [-0.3, -0.25) is 0 Å². The fourth-order valence-corrected chi connectivity index (χ4v) is 5.97. The molecule has 170 valence electrons. The number of nitrogens with zero attached hydrogens (tertiary/aromatic N) is 5. The van der Waals surface area contributed by atoms with Gasteiger partial charge in [-0.15, -0.1) is 0 Å². The van der Waals surface area contributed by atoms with E-state index in [-0.39, 0.29) is 17.5 Å². The molecule has 1 atom stereocenters. The molecule has 0 spiro atoms. The summed E-state index contributed by atoms with van der Waals surface area (Å²) in [7, 11) is -1.80. The van der Waals surface area contributed by atoms with E-state index < -0.39 is 10.0 Å². The van der Waals surface area contributed by atoms with Crippen molar-refractivity contribution in [3.63, 3.8) is 0 Å². The molecule has 0 amide bonds. The highest BCUT2D eigenvalue weighted by Gasteiger charge is 2.36. The number of hydrogen-bond acceptors (Lipinski definition) is 5. The van der Waals surface area contributed by atoms with Gasteiger partial charge in [0.15, 0.2) is 0 Å². The van der Waals surface area contributed by atoms with E-state index in [1.165, 1.54) is 0 Å². The summed E-state index contributed by atoms with van der Waals surface area (Å²) < 4.78 is 30.9. The molecule has 0 bridgehead atoms. The summed E-state index contributed by atoms with van der Waals surface area (Å²) in [6.07, 6.45) is 4.09. The molecular formula is C25H27N5O2S. The normalized spacial score (nSPS) is 15.8. The molecule has 7 nitrogen and oxygen atoms in total. The molecule has 0 radical (unpaired) electrons. The lowest BCUT2D eigenvalue weighted by molar-refractivity contribution is 0.326. The molecule has 1 aromatic heterocycles. The molecule has 1 aliphatic heterocycles. The van der Waals surface area contributed by atoms with Gasteiger partial charge in [-0.25, -0.2) is 13.4 Å². The second kappa shape index (κ2) is 9.22. The number of benzene rings is 2. The van der Waals surface area contributed by atoms with Crippen LogP contribution < -0.4 is 4.90 Å². The molecule has 0 saturated carbocycles. The van der Waals surface area contributed by atoms with Gasteiger partial charge in [0, 0.05) is 38.1 Å². The highest BCUT2D eigenvalue weighted by molar-refractivity contribution is 7.89. The number of imidazole rings is 1. The number of sulfonamides is 1. The van der Waals surface area contributed by atoms with E-state index in [2.05, 4.69) is 22.5 Å². The van der Waals surface area contributed by atoms with Crippen molar-refractivity contribution >= 4 is 15.7 Å². The van der Waals surface area contributed by atoms with Crippen LogP contribution in [0.15, 0.2) is 78.1 Å². The lowest BCUT2D eigenvalue weighted by Gasteiger charge is -2.41. The Hall–Kier alpha value is -3.41. The topological polar surface area (TPSA) is 82.2 Å². The molecule has 2 heterocycles. The van der Waals surface area contributed by atoms with E-state index in [0.29, 0.717) is 25.1 Å². The standard InChI is InChI=1S/C25H27N5O2S/c1-19(2)15-30(33(31,32)24-7-5-4-6-8-24)22-12-21-11-20(13-26)9-10-25(21)29(16-22)17-23-14-27-18-28(23)3/h4-11,14,18,22H,1,12,15-17H2,2-3H3. The third-order valence-corrected chi connectivity index (χ3v) is 7.80. The largest absolute Gasteiger partial charge is 0.364 e. The molecule has 33 heavy (non-hydrogen) atoms. The summed E-state index contributed by atoms with van der Waals surface area (Å²) in [5, 5.41) is 9.43. The van der Waals surface area contributed by atoms with E-state index in [1.54, 1.807) is 41.0 Å². The third-order valence-electron chi connectivity index (χ3n) is 5.89. The first-order valence-electron chi connectivity index (χ1n) is 10.7. The molecular weight excluding hydrogens is 434 g/mol. The average molecular weight is 462 g/mol. The second-order valence-corrected chi connectivity index (χ2v) is 10.4. The zero-order chi connectivity index (χ0) is 23.6. The van der Waals surface area contributed by atoms with Gasteiger partial charge >= 0.3 is 0 Å². The van der Waals surface area contributed by atoms with Crippen LogP contribution in [0, 0.1) is 11.3 Å². The molecule has 3 aromatic rings. The van der Waals surface area contributed by atoms with Gasteiger partial charge in [-0.1, -0.05) is 30.4 Å². The molecule has 0 N–H and O–H groups in total. The number of rotatable bonds is 7. The van der Waals surface area contributed by atoms with E-state index in [9.17, 15) is 13.7 Å². The van der Waals surface area contributed by atoms with Crippen LogP contribution >= 0.6 is 0 Å². The van der Waals surface area contributed by atoms with Crippen molar-refractivity contribution in [2.45, 2.75) is 30.8 Å². The Kier molecular flexibility index (Phi) is 6.36. The Morgan fingerprint density at radius 3 is 2.67 bits per heavy atom. The number of fused-ring (bicyclic) bond motifs is 1. The molecule has 8 heteroatoms. The summed E-state index contributed by atoms with van der Waals surface area (Å²) in [5.41, 5.74) is 4.32. The molecule has 0 saturated heterocycles. The van der Waals surface area contributed by atoms with Gasteiger partial charge in [-0.2, -0.15) is 9.57 Å². The van der Waals surface area contributed by atoms with Crippen molar-refractivity contribution in [2.75, 3.05) is 18.0 Å². The van der Waals surface area contributed by atoms with E-state index in [1.807, 2.05) is 42.9 Å². The predicted octanol–water partition coefficient (Wildman–Crippen LogP) is 3.49. The Labute approximate surface area is 195 Å². The number of aromatic nitrogens is 2. The average Bonchev–Trinajstić information content (AvgIpc) is 3.21. The van der Waals surface area contributed by atoms with Crippen molar-refractivity contribution < 1.29 is 8.42 Å². The van der Waals surface area contributed by atoms with Crippen LogP contribution in [0.25, 0.3) is 0 Å². The lowest BCUT2D eigenvalue weighted by atomic mass is 9.95. The minimum Gasteiger partial charge on any atom is -0.364 e. The quantitative estimate of drug-likeness (QED) is 0.503. The third kappa shape index (κ3) is 4.70. The molecule has 0 fully saturated rings. The van der Waals surface area contributed by atoms with Gasteiger partial charge in [0.2, 0.25) is 10.0 Å². The highest BCUT2D eigenvalue weighted by atomic mass is 32.2. The Bertz CT molecular complexity index is 1310. The number of hydrogen-bond donors (Lipinski definition) is 0. The predicted molar refractivity (Wildman–Crippen MR) is 128 cm³/mol. The Balaban J connectivity index is 1.77. The van der Waals surface area contributed by atoms with Crippen LogP contribution in [-0.2, 0) is 30.0 Å². The van der Waals surface area contributed by atoms with Crippen molar-refractivity contribution in [2.24, 2.45) is 7.05 Å². The maximum atomic E-state index is 13.7. The van der Waals surface area contributed by atoms with Gasteiger partial charge in [0.05, 0.1) is 35.1 Å². The number of nitriles is 1. The number of anilines is 1. The van der Waals surface area contributed by atoms with Crippen LogP contribution in [0.1, 0.15) is 23.7 Å². The Morgan fingerprint density at radius 1 is 1.27 bits per heavy atom. The molecule has 1 unspecified atom stereocenters. The summed E-state index contributed by atoms with van der Waals surface area (Å²) in [5.74, 6) is 0. The van der Waals surface area contributed by atoms with Gasteiger partial charge in [-0.05, 0) is 49.2 Å². The van der Waals surface area contributed by atoms with Crippen LogP contribution in [0.2, 0.25) is 0 Å². The first kappa shape index (κ1) is 22.8. The Morgan fingerprint density at radius 2 is 2.03 bits per heavy atom. The van der Waals surface area contributed by atoms with E-state index in [0.717, 1.165) is 22.5 Å².